The third kappa shape index (κ3) is 4.49. The van der Waals surface area contributed by atoms with Crippen molar-refractivity contribution in [3.8, 4) is 0 Å². The van der Waals surface area contributed by atoms with E-state index in [1.54, 1.807) is 0 Å². The summed E-state index contributed by atoms with van der Waals surface area (Å²) in [5.74, 6) is -0.282. The van der Waals surface area contributed by atoms with E-state index >= 15 is 0 Å². The minimum atomic E-state index is -3.62. The summed E-state index contributed by atoms with van der Waals surface area (Å²) in [5.41, 5.74) is 2.08. The lowest BCUT2D eigenvalue weighted by Crippen LogP contribution is -2.31. The molecular weight excluding hydrogens is 352 g/mol. The number of para-hydroxylation sites is 1. The Morgan fingerprint density at radius 1 is 1.15 bits per heavy atom. The molecule has 1 saturated heterocycles. The van der Waals surface area contributed by atoms with E-state index < -0.39 is 10.0 Å². The Morgan fingerprint density at radius 3 is 2.54 bits per heavy atom. The lowest BCUT2D eigenvalue weighted by Gasteiger charge is -2.12. The Bertz CT molecular complexity index is 873. The van der Waals surface area contributed by atoms with Crippen molar-refractivity contribution in [2.24, 2.45) is 0 Å². The number of carbonyl (C=O) groups excluding carboxylic acids is 1. The van der Waals surface area contributed by atoms with Gasteiger partial charge in [-0.2, -0.15) is 0 Å². The molecule has 1 aliphatic heterocycles. The lowest BCUT2D eigenvalue weighted by atomic mass is 10.1. The zero-order valence-electron chi connectivity index (χ0n) is 14.6. The molecule has 7 heteroatoms. The van der Waals surface area contributed by atoms with E-state index in [4.69, 9.17) is 4.74 Å². The number of rotatable bonds is 6. The predicted octanol–water partition coefficient (Wildman–Crippen LogP) is 2.70. The lowest BCUT2D eigenvalue weighted by molar-refractivity contribution is 0.102. The zero-order chi connectivity index (χ0) is 18.6. The quantitative estimate of drug-likeness (QED) is 0.814. The van der Waals surface area contributed by atoms with Crippen molar-refractivity contribution in [1.82, 2.24) is 4.72 Å². The number of benzene rings is 2. The summed E-state index contributed by atoms with van der Waals surface area (Å²) in [4.78, 5) is 12.5. The summed E-state index contributed by atoms with van der Waals surface area (Å²) in [5, 5.41) is 2.83. The van der Waals surface area contributed by atoms with E-state index in [1.807, 2.05) is 31.2 Å². The van der Waals surface area contributed by atoms with Crippen LogP contribution in [0.2, 0.25) is 0 Å². The summed E-state index contributed by atoms with van der Waals surface area (Å²) < 4.78 is 32.7. The summed E-state index contributed by atoms with van der Waals surface area (Å²) in [6.45, 7) is 2.85. The van der Waals surface area contributed by atoms with Gasteiger partial charge in [-0.3, -0.25) is 4.79 Å². The van der Waals surface area contributed by atoms with Gasteiger partial charge in [-0.25, -0.2) is 13.1 Å². The monoisotopic (exact) mass is 374 g/mol. The first kappa shape index (κ1) is 18.6. The number of aryl methyl sites for hydroxylation is 1. The molecule has 2 N–H and O–H groups in total. The summed E-state index contributed by atoms with van der Waals surface area (Å²) in [6, 6.07) is 13.4. The fourth-order valence-electron chi connectivity index (χ4n) is 2.78. The van der Waals surface area contributed by atoms with E-state index in [1.165, 1.54) is 24.3 Å². The van der Waals surface area contributed by atoms with Crippen LogP contribution in [0, 0.1) is 6.92 Å². The van der Waals surface area contributed by atoms with Crippen LogP contribution in [0.1, 0.15) is 28.8 Å². The highest BCUT2D eigenvalue weighted by molar-refractivity contribution is 7.89. The van der Waals surface area contributed by atoms with Gasteiger partial charge in [-0.05, 0) is 55.7 Å². The van der Waals surface area contributed by atoms with Gasteiger partial charge in [-0.1, -0.05) is 18.2 Å². The largest absolute Gasteiger partial charge is 0.377 e. The maximum absolute atomic E-state index is 12.3. The molecule has 0 unspecified atom stereocenters. The van der Waals surface area contributed by atoms with Crippen molar-refractivity contribution in [2.45, 2.75) is 30.8 Å². The Morgan fingerprint density at radius 2 is 1.88 bits per heavy atom. The van der Waals surface area contributed by atoms with Crippen molar-refractivity contribution in [1.29, 1.82) is 0 Å². The number of carbonyl (C=O) groups is 1. The maximum Gasteiger partial charge on any atom is 0.255 e. The Balaban J connectivity index is 1.65. The van der Waals surface area contributed by atoms with E-state index in [0.717, 1.165) is 24.1 Å². The molecule has 2 aromatic rings. The van der Waals surface area contributed by atoms with Gasteiger partial charge < -0.3 is 10.1 Å². The third-order valence-corrected chi connectivity index (χ3v) is 5.78. The second-order valence-electron chi connectivity index (χ2n) is 6.28. The van der Waals surface area contributed by atoms with Crippen LogP contribution >= 0.6 is 0 Å². The zero-order valence-corrected chi connectivity index (χ0v) is 15.4. The Kier molecular flexibility index (Phi) is 5.70. The molecular formula is C19H22N2O4S. The number of hydrogen-bond donors (Lipinski definition) is 2. The van der Waals surface area contributed by atoms with Crippen LogP contribution in [0.4, 0.5) is 5.69 Å². The van der Waals surface area contributed by atoms with Crippen LogP contribution in [-0.2, 0) is 14.8 Å². The molecule has 0 spiro atoms. The molecule has 138 valence electrons. The van der Waals surface area contributed by atoms with Gasteiger partial charge in [0.2, 0.25) is 10.0 Å². The van der Waals surface area contributed by atoms with Crippen molar-refractivity contribution < 1.29 is 17.9 Å². The molecule has 0 bridgehead atoms. The Labute approximate surface area is 153 Å². The second-order valence-corrected chi connectivity index (χ2v) is 8.05. The van der Waals surface area contributed by atoms with Crippen LogP contribution in [0.5, 0.6) is 0 Å². The predicted molar refractivity (Wildman–Crippen MR) is 99.7 cm³/mol. The van der Waals surface area contributed by atoms with Gasteiger partial charge in [0.25, 0.3) is 5.91 Å². The molecule has 1 fully saturated rings. The van der Waals surface area contributed by atoms with Crippen LogP contribution < -0.4 is 10.0 Å². The SMILES string of the molecule is Cc1ccccc1NC(=O)c1ccc(S(=O)(=O)NC[C@H]2CCCO2)cc1. The van der Waals surface area contributed by atoms with Crippen LogP contribution in [-0.4, -0.2) is 33.6 Å². The van der Waals surface area contributed by atoms with Crippen molar-refractivity contribution in [2.75, 3.05) is 18.5 Å². The molecule has 1 amide bonds. The summed E-state index contributed by atoms with van der Waals surface area (Å²) in [7, 11) is -3.62. The van der Waals surface area contributed by atoms with Crippen LogP contribution in [0.15, 0.2) is 53.4 Å². The smallest absolute Gasteiger partial charge is 0.255 e. The third-order valence-electron chi connectivity index (χ3n) is 4.35. The molecule has 1 aliphatic rings. The fourth-order valence-corrected chi connectivity index (χ4v) is 3.85. The van der Waals surface area contributed by atoms with Gasteiger partial charge in [0.15, 0.2) is 0 Å². The highest BCUT2D eigenvalue weighted by Crippen LogP contribution is 2.17. The van der Waals surface area contributed by atoms with Crippen molar-refractivity contribution in [3.63, 3.8) is 0 Å². The van der Waals surface area contributed by atoms with Crippen LogP contribution in [0.3, 0.4) is 0 Å². The molecule has 26 heavy (non-hydrogen) atoms. The first-order valence-corrected chi connectivity index (χ1v) is 10.0. The first-order valence-electron chi connectivity index (χ1n) is 8.54. The van der Waals surface area contributed by atoms with Crippen molar-refractivity contribution in [3.05, 3.63) is 59.7 Å². The molecule has 0 saturated carbocycles. The number of nitrogens with one attached hydrogen (secondary N) is 2. The molecule has 2 aromatic carbocycles. The van der Waals surface area contributed by atoms with Gasteiger partial charge in [0, 0.05) is 24.4 Å². The summed E-state index contributed by atoms with van der Waals surface area (Å²) >= 11 is 0. The number of sulfonamides is 1. The van der Waals surface area contributed by atoms with Gasteiger partial charge in [0.1, 0.15) is 0 Å². The number of ether oxygens (including phenoxy) is 1. The van der Waals surface area contributed by atoms with Gasteiger partial charge in [0.05, 0.1) is 11.0 Å². The highest BCUT2D eigenvalue weighted by Gasteiger charge is 2.20. The van der Waals surface area contributed by atoms with Gasteiger partial charge in [-0.15, -0.1) is 0 Å². The normalized spacial score (nSPS) is 17.2. The average Bonchev–Trinajstić information content (AvgIpc) is 3.16. The molecule has 0 aliphatic carbocycles. The minimum Gasteiger partial charge on any atom is -0.377 e. The van der Waals surface area contributed by atoms with Crippen molar-refractivity contribution >= 4 is 21.6 Å². The van der Waals surface area contributed by atoms with Crippen LogP contribution in [0.25, 0.3) is 0 Å². The van der Waals surface area contributed by atoms with Gasteiger partial charge >= 0.3 is 0 Å². The first-order chi connectivity index (χ1) is 12.5. The molecule has 1 atom stereocenters. The standard InChI is InChI=1S/C19H22N2O4S/c1-14-5-2-3-7-18(14)21-19(22)15-8-10-17(11-9-15)26(23,24)20-13-16-6-4-12-25-16/h2-3,5,7-11,16,20H,4,6,12-13H2,1H3,(H,21,22)/t16-/m1/s1. The average molecular weight is 374 g/mol. The molecule has 1 heterocycles. The fraction of sp³-hybridized carbons (Fsp3) is 0.316. The van der Waals surface area contributed by atoms with E-state index in [-0.39, 0.29) is 23.5 Å². The molecule has 0 radical (unpaired) electrons. The summed E-state index contributed by atoms with van der Waals surface area (Å²) in [6.07, 6.45) is 1.75. The topological polar surface area (TPSA) is 84.5 Å². The van der Waals surface area contributed by atoms with E-state index in [2.05, 4.69) is 10.0 Å². The number of anilines is 1. The van der Waals surface area contributed by atoms with E-state index in [9.17, 15) is 13.2 Å². The second kappa shape index (κ2) is 7.99. The Hall–Kier alpha value is -2.22. The number of amides is 1. The molecule has 6 nitrogen and oxygen atoms in total. The molecule has 0 aromatic heterocycles. The minimum absolute atomic E-state index is 0.0658. The van der Waals surface area contributed by atoms with E-state index in [0.29, 0.717) is 12.2 Å². The molecule has 3 rings (SSSR count). The maximum atomic E-state index is 12.3. The highest BCUT2D eigenvalue weighted by atomic mass is 32.2. The number of hydrogen-bond acceptors (Lipinski definition) is 4.